The smallest absolute Gasteiger partial charge is 0.191 e. The summed E-state index contributed by atoms with van der Waals surface area (Å²) >= 11 is 0. The molecule has 0 fully saturated rings. The normalized spacial score (nSPS) is 8.58. The molecule has 0 aliphatic rings. The first-order valence-electron chi connectivity index (χ1n) is 2.99. The van der Waals surface area contributed by atoms with Crippen LogP contribution in [0.3, 0.4) is 0 Å². The molecule has 1 aromatic heterocycles. The van der Waals surface area contributed by atoms with Crippen LogP contribution in [0.25, 0.3) is 0 Å². The summed E-state index contributed by atoms with van der Waals surface area (Å²) < 4.78 is 0. The topological polar surface area (TPSA) is 91.8 Å². The van der Waals surface area contributed by atoms with Gasteiger partial charge in [0.2, 0.25) is 0 Å². The first-order valence-corrected chi connectivity index (χ1v) is 2.99. The van der Waals surface area contributed by atoms with Crippen molar-refractivity contribution in [3.8, 4) is 6.07 Å². The Morgan fingerprint density at radius 2 is 2.50 bits per heavy atom. The molecule has 0 aliphatic heterocycles. The maximum Gasteiger partial charge on any atom is 0.191 e. The highest BCUT2D eigenvalue weighted by Gasteiger charge is 2.00. The zero-order valence-electron chi connectivity index (χ0n) is 5.89. The highest BCUT2D eigenvalue weighted by atomic mass is 16.7. The van der Waals surface area contributed by atoms with E-state index in [1.54, 1.807) is 0 Å². The summed E-state index contributed by atoms with van der Waals surface area (Å²) in [7, 11) is 0. The largest absolute Gasteiger partial charge is 0.234 e. The number of nitrogens with zero attached hydrogens (tertiary/aromatic N) is 3. The zero-order chi connectivity index (χ0) is 8.97. The fraction of sp³-hybridized carbons (Fsp3) is 0. The number of aromatic nitrogens is 1. The Bertz CT molecular complexity index is 344. The number of hydrazine groups is 1. The van der Waals surface area contributed by atoms with Crippen LogP contribution in [0.5, 0.6) is 0 Å². The molecule has 0 radical (unpaired) electrons. The maximum absolute atomic E-state index is 9.94. The summed E-state index contributed by atoms with van der Waals surface area (Å²) in [6.45, 7) is 0. The van der Waals surface area contributed by atoms with E-state index in [4.69, 9.17) is 5.26 Å². The summed E-state index contributed by atoms with van der Waals surface area (Å²) in [5.74, 6) is 0.0547. The summed E-state index contributed by atoms with van der Waals surface area (Å²) in [6.07, 6.45) is 1.32. The fourth-order valence-corrected chi connectivity index (χ4v) is 0.655. The van der Waals surface area contributed by atoms with Crippen LogP contribution in [0, 0.1) is 21.4 Å². The lowest BCUT2D eigenvalue weighted by Crippen LogP contribution is -2.09. The van der Waals surface area contributed by atoms with Crippen LogP contribution in [-0.4, -0.2) is 10.0 Å². The van der Waals surface area contributed by atoms with E-state index in [0.29, 0.717) is 5.56 Å². The third-order valence-electron chi connectivity index (χ3n) is 1.09. The molecule has 0 saturated heterocycles. The van der Waals surface area contributed by atoms with Crippen molar-refractivity contribution < 1.29 is 5.03 Å². The number of hydrogen-bond acceptors (Lipinski definition) is 4. The van der Waals surface area contributed by atoms with Gasteiger partial charge in [-0.3, -0.25) is 0 Å². The second kappa shape index (κ2) is 3.30. The molecule has 0 unspecified atom stereocenters. The Morgan fingerprint density at radius 1 is 1.75 bits per heavy atom. The Kier molecular flexibility index (Phi) is 2.18. The van der Waals surface area contributed by atoms with E-state index in [2.05, 4.69) is 4.98 Å². The van der Waals surface area contributed by atoms with Crippen molar-refractivity contribution >= 4 is 5.82 Å². The lowest BCUT2D eigenvalue weighted by atomic mass is 10.3. The quantitative estimate of drug-likeness (QED) is 0.509. The monoisotopic (exact) mass is 164 g/mol. The molecule has 0 amide bonds. The van der Waals surface area contributed by atoms with Crippen molar-refractivity contribution in [1.82, 2.24) is 4.98 Å². The average molecular weight is 164 g/mol. The molecule has 6 nitrogen and oxygen atoms in total. The summed E-state index contributed by atoms with van der Waals surface area (Å²) in [5, 5.41) is 17.6. The SMILES string of the molecule is N#Cc1ccnc(N[N+](=O)[O-])c1. The molecule has 0 atom stereocenters. The van der Waals surface area contributed by atoms with Crippen molar-refractivity contribution in [2.45, 2.75) is 0 Å². The maximum atomic E-state index is 9.94. The minimum absolute atomic E-state index is 0.0547. The number of hydrogen-bond donors (Lipinski definition) is 1. The van der Waals surface area contributed by atoms with Gasteiger partial charge in [0.05, 0.1) is 11.6 Å². The first-order chi connectivity index (χ1) is 5.72. The molecule has 0 bridgehead atoms. The highest BCUT2D eigenvalue weighted by Crippen LogP contribution is 2.04. The van der Waals surface area contributed by atoms with E-state index < -0.39 is 5.03 Å². The fourth-order valence-electron chi connectivity index (χ4n) is 0.655. The van der Waals surface area contributed by atoms with Crippen LogP contribution >= 0.6 is 0 Å². The van der Waals surface area contributed by atoms with Gasteiger partial charge in [0.25, 0.3) is 0 Å². The number of nitriles is 1. The molecule has 0 aliphatic carbocycles. The Balaban J connectivity index is 2.88. The molecule has 1 N–H and O–H groups in total. The molecule has 60 valence electrons. The molecule has 1 aromatic rings. The predicted octanol–water partition coefficient (Wildman–Crippen LogP) is 0.557. The number of nitro groups is 1. The van der Waals surface area contributed by atoms with Gasteiger partial charge in [-0.25, -0.2) is 15.1 Å². The summed E-state index contributed by atoms with van der Waals surface area (Å²) in [5.41, 5.74) is 2.17. The number of anilines is 1. The summed E-state index contributed by atoms with van der Waals surface area (Å²) in [4.78, 5) is 13.6. The van der Waals surface area contributed by atoms with Gasteiger partial charge in [-0.2, -0.15) is 5.26 Å². The van der Waals surface area contributed by atoms with Crippen LogP contribution in [-0.2, 0) is 0 Å². The molecule has 1 rings (SSSR count). The van der Waals surface area contributed by atoms with Gasteiger partial charge in [-0.05, 0) is 6.07 Å². The second-order valence-electron chi connectivity index (χ2n) is 1.91. The lowest BCUT2D eigenvalue weighted by Gasteiger charge is -1.94. The number of rotatable bonds is 2. The van der Waals surface area contributed by atoms with Crippen molar-refractivity contribution in [1.29, 1.82) is 5.26 Å². The molecular formula is C6H4N4O2. The third kappa shape index (κ3) is 1.91. The first kappa shape index (κ1) is 7.94. The van der Waals surface area contributed by atoms with Crippen LogP contribution in [0.15, 0.2) is 18.3 Å². The minimum Gasteiger partial charge on any atom is -0.234 e. The van der Waals surface area contributed by atoms with Gasteiger partial charge in [-0.15, -0.1) is 0 Å². The van der Waals surface area contributed by atoms with E-state index >= 15 is 0 Å². The number of nitrogens with one attached hydrogen (secondary N) is 1. The highest BCUT2D eigenvalue weighted by molar-refractivity contribution is 5.40. The van der Waals surface area contributed by atoms with Gasteiger partial charge in [0, 0.05) is 12.3 Å². The molecular weight excluding hydrogens is 160 g/mol. The molecule has 1 heterocycles. The standard InChI is InChI=1S/C6H4N4O2/c7-4-5-1-2-8-6(3-5)9-10(11)12/h1-3H,(H,8,9). The minimum atomic E-state index is -0.733. The van der Waals surface area contributed by atoms with Gasteiger partial charge in [0.1, 0.15) is 0 Å². The van der Waals surface area contributed by atoms with Crippen LogP contribution < -0.4 is 5.43 Å². The van der Waals surface area contributed by atoms with Crippen molar-refractivity contribution in [2.24, 2.45) is 0 Å². The number of pyridine rings is 1. The van der Waals surface area contributed by atoms with E-state index in [1.807, 2.05) is 11.5 Å². The van der Waals surface area contributed by atoms with Crippen LogP contribution in [0.4, 0.5) is 5.82 Å². The van der Waals surface area contributed by atoms with Gasteiger partial charge >= 0.3 is 0 Å². The Morgan fingerprint density at radius 3 is 3.08 bits per heavy atom. The second-order valence-corrected chi connectivity index (χ2v) is 1.91. The molecule has 0 saturated carbocycles. The zero-order valence-corrected chi connectivity index (χ0v) is 5.89. The van der Waals surface area contributed by atoms with Gasteiger partial charge in [0.15, 0.2) is 10.9 Å². The average Bonchev–Trinajstić information content (AvgIpc) is 2.03. The molecule has 0 aromatic carbocycles. The molecule has 12 heavy (non-hydrogen) atoms. The van der Waals surface area contributed by atoms with E-state index in [1.165, 1.54) is 18.3 Å². The molecule has 0 spiro atoms. The van der Waals surface area contributed by atoms with Gasteiger partial charge in [-0.1, -0.05) is 5.43 Å². The van der Waals surface area contributed by atoms with E-state index in [-0.39, 0.29) is 5.82 Å². The summed E-state index contributed by atoms with van der Waals surface area (Å²) in [6, 6.07) is 4.60. The Labute approximate surface area is 67.6 Å². The van der Waals surface area contributed by atoms with Crippen LogP contribution in [0.2, 0.25) is 0 Å². The predicted molar refractivity (Wildman–Crippen MR) is 39.6 cm³/mol. The van der Waals surface area contributed by atoms with E-state index in [0.717, 1.165) is 0 Å². The Hall–Kier alpha value is -2.16. The third-order valence-corrected chi connectivity index (χ3v) is 1.09. The molecule has 6 heteroatoms. The van der Waals surface area contributed by atoms with Crippen LogP contribution in [0.1, 0.15) is 5.56 Å². The van der Waals surface area contributed by atoms with Crippen molar-refractivity contribution in [3.05, 3.63) is 34.0 Å². The van der Waals surface area contributed by atoms with Crippen molar-refractivity contribution in [3.63, 3.8) is 0 Å². The lowest BCUT2D eigenvalue weighted by molar-refractivity contribution is -0.445. The van der Waals surface area contributed by atoms with E-state index in [9.17, 15) is 10.1 Å². The van der Waals surface area contributed by atoms with Gasteiger partial charge < -0.3 is 0 Å². The van der Waals surface area contributed by atoms with Crippen molar-refractivity contribution in [2.75, 3.05) is 5.43 Å².